The van der Waals surface area contributed by atoms with Crippen molar-refractivity contribution in [2.24, 2.45) is 0 Å². The predicted octanol–water partition coefficient (Wildman–Crippen LogP) is 3.46. The van der Waals surface area contributed by atoms with Crippen LogP contribution in [0.25, 0.3) is 10.1 Å². The van der Waals surface area contributed by atoms with Gasteiger partial charge in [-0.15, -0.1) is 11.3 Å². The number of nitrogens with two attached hydrogens (primary N) is 1. The summed E-state index contributed by atoms with van der Waals surface area (Å²) in [7, 11) is 0. The molecule has 2 aromatic carbocycles. The minimum absolute atomic E-state index is 0.0225. The number of hydrogen-bond acceptors (Lipinski definition) is 3. The normalized spacial score (nSPS) is 10.7. The van der Waals surface area contributed by atoms with E-state index in [0.29, 0.717) is 6.54 Å². The van der Waals surface area contributed by atoms with Crippen LogP contribution in [0.4, 0.5) is 5.69 Å². The van der Waals surface area contributed by atoms with Gasteiger partial charge >= 0.3 is 0 Å². The number of benzene rings is 2. The first-order valence-corrected chi connectivity index (χ1v) is 7.65. The summed E-state index contributed by atoms with van der Waals surface area (Å²) in [5.74, 6) is -0.0225. The average Bonchev–Trinajstić information content (AvgIpc) is 2.91. The molecule has 0 atom stereocenters. The minimum Gasteiger partial charge on any atom is -0.399 e. The highest BCUT2D eigenvalue weighted by Crippen LogP contribution is 2.27. The highest BCUT2D eigenvalue weighted by Gasteiger charge is 2.09. The second kappa shape index (κ2) is 5.97. The molecule has 0 saturated carbocycles. The lowest BCUT2D eigenvalue weighted by Gasteiger charge is -2.03. The number of nitrogens with one attached hydrogen (secondary N) is 1. The summed E-state index contributed by atoms with van der Waals surface area (Å²) >= 11 is 1.49. The Morgan fingerprint density at radius 2 is 1.90 bits per heavy atom. The van der Waals surface area contributed by atoms with Crippen molar-refractivity contribution in [1.29, 1.82) is 0 Å². The molecule has 106 valence electrons. The molecule has 1 heterocycles. The third-order valence-electron chi connectivity index (χ3n) is 3.31. The van der Waals surface area contributed by atoms with Crippen LogP contribution in [0.2, 0.25) is 0 Å². The average molecular weight is 296 g/mol. The maximum atomic E-state index is 12.2. The monoisotopic (exact) mass is 296 g/mol. The molecule has 0 saturated heterocycles. The Morgan fingerprint density at radius 3 is 2.71 bits per heavy atom. The van der Waals surface area contributed by atoms with Crippen molar-refractivity contribution in [3.8, 4) is 0 Å². The summed E-state index contributed by atoms with van der Waals surface area (Å²) in [4.78, 5) is 12.9. The third kappa shape index (κ3) is 3.23. The van der Waals surface area contributed by atoms with Crippen molar-refractivity contribution in [1.82, 2.24) is 5.32 Å². The summed E-state index contributed by atoms with van der Waals surface area (Å²) in [6.45, 7) is 0.638. The minimum atomic E-state index is -0.0225. The van der Waals surface area contributed by atoms with E-state index in [2.05, 4.69) is 17.4 Å². The van der Waals surface area contributed by atoms with Gasteiger partial charge in [-0.05, 0) is 41.6 Å². The fourth-order valence-corrected chi connectivity index (χ4v) is 3.19. The van der Waals surface area contributed by atoms with Crippen LogP contribution < -0.4 is 11.1 Å². The summed E-state index contributed by atoms with van der Waals surface area (Å²) in [6.07, 6.45) is 0.838. The number of amides is 1. The van der Waals surface area contributed by atoms with Crippen molar-refractivity contribution in [3.05, 3.63) is 65.0 Å². The van der Waals surface area contributed by atoms with Crippen LogP contribution in [0, 0.1) is 0 Å². The summed E-state index contributed by atoms with van der Waals surface area (Å²) in [5.41, 5.74) is 7.70. The van der Waals surface area contributed by atoms with E-state index in [0.717, 1.165) is 27.1 Å². The van der Waals surface area contributed by atoms with Gasteiger partial charge in [0.2, 0.25) is 0 Å². The van der Waals surface area contributed by atoms with Gasteiger partial charge in [-0.3, -0.25) is 4.79 Å². The first-order valence-electron chi connectivity index (χ1n) is 6.83. The molecule has 1 aromatic heterocycles. The standard InChI is InChI=1S/C17H16N2OS/c18-14-6-7-15-13(10-14)11-16(21-15)17(20)19-9-8-12-4-2-1-3-5-12/h1-7,10-11H,8-9,18H2,(H,19,20). The number of rotatable bonds is 4. The van der Waals surface area contributed by atoms with Gasteiger partial charge in [0.25, 0.3) is 5.91 Å². The van der Waals surface area contributed by atoms with E-state index in [4.69, 9.17) is 5.73 Å². The maximum Gasteiger partial charge on any atom is 0.261 e. The fourth-order valence-electron chi connectivity index (χ4n) is 2.23. The van der Waals surface area contributed by atoms with Gasteiger partial charge in [-0.25, -0.2) is 0 Å². The molecular weight excluding hydrogens is 280 g/mol. The van der Waals surface area contributed by atoms with Crippen molar-refractivity contribution in [2.75, 3.05) is 12.3 Å². The molecular formula is C17H16N2OS. The number of carbonyl (C=O) groups is 1. The Balaban J connectivity index is 1.64. The Hall–Kier alpha value is -2.33. The van der Waals surface area contributed by atoms with E-state index >= 15 is 0 Å². The first kappa shape index (κ1) is 13.6. The van der Waals surface area contributed by atoms with Gasteiger partial charge in [-0.2, -0.15) is 0 Å². The summed E-state index contributed by atoms with van der Waals surface area (Å²) in [6, 6.07) is 17.7. The lowest BCUT2D eigenvalue weighted by atomic mass is 10.1. The molecule has 0 bridgehead atoms. The van der Waals surface area contributed by atoms with E-state index in [1.807, 2.05) is 42.5 Å². The van der Waals surface area contributed by atoms with Crippen molar-refractivity contribution in [3.63, 3.8) is 0 Å². The fraction of sp³-hybridized carbons (Fsp3) is 0.118. The van der Waals surface area contributed by atoms with Crippen LogP contribution in [0.3, 0.4) is 0 Å². The SMILES string of the molecule is Nc1ccc2sc(C(=O)NCCc3ccccc3)cc2c1. The second-order valence-electron chi connectivity index (χ2n) is 4.90. The summed E-state index contributed by atoms with van der Waals surface area (Å²) < 4.78 is 1.08. The number of fused-ring (bicyclic) bond motifs is 1. The highest BCUT2D eigenvalue weighted by atomic mass is 32.1. The van der Waals surface area contributed by atoms with Gasteiger partial charge in [0.15, 0.2) is 0 Å². The molecule has 3 rings (SSSR count). The van der Waals surface area contributed by atoms with E-state index in [1.54, 1.807) is 0 Å². The Morgan fingerprint density at radius 1 is 1.10 bits per heavy atom. The molecule has 21 heavy (non-hydrogen) atoms. The van der Waals surface area contributed by atoms with E-state index in [9.17, 15) is 4.79 Å². The highest BCUT2D eigenvalue weighted by molar-refractivity contribution is 7.20. The molecule has 0 fully saturated rings. The molecule has 0 radical (unpaired) electrons. The van der Waals surface area contributed by atoms with Gasteiger partial charge < -0.3 is 11.1 Å². The van der Waals surface area contributed by atoms with Crippen molar-refractivity contribution >= 4 is 33.0 Å². The van der Waals surface area contributed by atoms with Gasteiger partial charge in [0, 0.05) is 16.9 Å². The van der Waals surface area contributed by atoms with Gasteiger partial charge in [0.1, 0.15) is 0 Å². The molecule has 4 heteroatoms. The predicted molar refractivity (Wildman–Crippen MR) is 88.7 cm³/mol. The van der Waals surface area contributed by atoms with Gasteiger partial charge in [-0.1, -0.05) is 30.3 Å². The zero-order valence-electron chi connectivity index (χ0n) is 11.5. The van der Waals surface area contributed by atoms with E-state index in [-0.39, 0.29) is 5.91 Å². The zero-order valence-corrected chi connectivity index (χ0v) is 12.3. The molecule has 0 aliphatic rings. The van der Waals surface area contributed by atoms with Crippen LogP contribution in [0.1, 0.15) is 15.2 Å². The largest absolute Gasteiger partial charge is 0.399 e. The van der Waals surface area contributed by atoms with E-state index in [1.165, 1.54) is 16.9 Å². The van der Waals surface area contributed by atoms with Crippen LogP contribution in [0.15, 0.2) is 54.6 Å². The summed E-state index contributed by atoms with van der Waals surface area (Å²) in [5, 5.41) is 3.98. The molecule has 3 N–H and O–H groups in total. The molecule has 0 unspecified atom stereocenters. The smallest absolute Gasteiger partial charge is 0.261 e. The van der Waals surface area contributed by atoms with Crippen LogP contribution >= 0.6 is 11.3 Å². The van der Waals surface area contributed by atoms with E-state index < -0.39 is 0 Å². The number of anilines is 1. The molecule has 3 aromatic rings. The van der Waals surface area contributed by atoms with Crippen molar-refractivity contribution in [2.45, 2.75) is 6.42 Å². The zero-order chi connectivity index (χ0) is 14.7. The molecule has 0 aliphatic heterocycles. The third-order valence-corrected chi connectivity index (χ3v) is 4.42. The lowest BCUT2D eigenvalue weighted by Crippen LogP contribution is -2.24. The Bertz CT molecular complexity index is 765. The van der Waals surface area contributed by atoms with Gasteiger partial charge in [0.05, 0.1) is 4.88 Å². The molecule has 0 spiro atoms. The Labute approximate surface area is 127 Å². The molecule has 0 aliphatic carbocycles. The van der Waals surface area contributed by atoms with Crippen molar-refractivity contribution < 1.29 is 4.79 Å². The van der Waals surface area contributed by atoms with Crippen LogP contribution in [-0.2, 0) is 6.42 Å². The quantitative estimate of drug-likeness (QED) is 0.724. The lowest BCUT2D eigenvalue weighted by molar-refractivity contribution is 0.0958. The van der Waals surface area contributed by atoms with Crippen LogP contribution in [0.5, 0.6) is 0 Å². The molecule has 1 amide bonds. The first-order chi connectivity index (χ1) is 10.2. The number of hydrogen-bond donors (Lipinski definition) is 2. The topological polar surface area (TPSA) is 55.1 Å². The maximum absolute atomic E-state index is 12.2. The second-order valence-corrected chi connectivity index (χ2v) is 5.98. The van der Waals surface area contributed by atoms with Crippen LogP contribution in [-0.4, -0.2) is 12.5 Å². The number of carbonyl (C=O) groups excluding carboxylic acids is 1. The Kier molecular flexibility index (Phi) is 3.88. The molecule has 3 nitrogen and oxygen atoms in total. The number of thiophene rings is 1. The number of nitrogen functional groups attached to an aromatic ring is 1.